The largest absolute Gasteiger partial charge is 0.352 e. The number of sulfonamides is 1. The van der Waals surface area contributed by atoms with Gasteiger partial charge in [0, 0.05) is 37.4 Å². The van der Waals surface area contributed by atoms with Crippen molar-refractivity contribution in [2.45, 2.75) is 37.6 Å². The lowest BCUT2D eigenvalue weighted by atomic mass is 9.97. The number of hydrogen-bond donors (Lipinski definition) is 2. The summed E-state index contributed by atoms with van der Waals surface area (Å²) in [5.41, 5.74) is 0. The van der Waals surface area contributed by atoms with Crippen molar-refractivity contribution in [1.82, 2.24) is 19.9 Å². The molecule has 0 atom stereocenters. The number of amides is 2. The first-order valence-electron chi connectivity index (χ1n) is 8.28. The van der Waals surface area contributed by atoms with Crippen LogP contribution >= 0.6 is 0 Å². The van der Waals surface area contributed by atoms with Crippen LogP contribution in [0.4, 0.5) is 0 Å². The van der Waals surface area contributed by atoms with E-state index in [2.05, 4.69) is 15.6 Å². The van der Waals surface area contributed by atoms with Crippen LogP contribution in [0.25, 0.3) is 0 Å². The second kappa shape index (κ2) is 8.39. The van der Waals surface area contributed by atoms with Crippen LogP contribution in [0.5, 0.6) is 0 Å². The van der Waals surface area contributed by atoms with Crippen molar-refractivity contribution in [3.8, 4) is 0 Å². The van der Waals surface area contributed by atoms with Gasteiger partial charge in [-0.2, -0.15) is 4.31 Å². The molecule has 2 N–H and O–H groups in total. The summed E-state index contributed by atoms with van der Waals surface area (Å²) in [4.78, 5) is 27.7. The Hall–Kier alpha value is -2.00. The third kappa shape index (κ3) is 5.23. The highest BCUT2D eigenvalue weighted by molar-refractivity contribution is 7.89. The lowest BCUT2D eigenvalue weighted by Gasteiger charge is -2.30. The van der Waals surface area contributed by atoms with Gasteiger partial charge in [-0.05, 0) is 38.8 Å². The molecular weight excluding hydrogens is 344 g/mol. The monoisotopic (exact) mass is 368 g/mol. The Bertz CT molecular complexity index is 698. The highest BCUT2D eigenvalue weighted by atomic mass is 32.2. The van der Waals surface area contributed by atoms with E-state index in [1.165, 1.54) is 22.8 Å². The normalized spacial score (nSPS) is 16.6. The smallest absolute Gasteiger partial charge is 0.244 e. The fourth-order valence-electron chi connectivity index (χ4n) is 2.69. The first kappa shape index (κ1) is 19.3. The molecule has 2 rings (SSSR count). The maximum atomic E-state index is 12.5. The Morgan fingerprint density at radius 2 is 2.00 bits per heavy atom. The fourth-order valence-corrected chi connectivity index (χ4v) is 4.13. The van der Waals surface area contributed by atoms with Crippen molar-refractivity contribution >= 4 is 21.8 Å². The third-order valence-corrected chi connectivity index (χ3v) is 5.85. The van der Waals surface area contributed by atoms with Crippen molar-refractivity contribution in [2.24, 2.45) is 5.92 Å². The Kier molecular flexibility index (Phi) is 6.49. The van der Waals surface area contributed by atoms with Gasteiger partial charge in [0.05, 0.1) is 6.54 Å². The minimum absolute atomic E-state index is 0.0188. The Balaban J connectivity index is 1.85. The summed E-state index contributed by atoms with van der Waals surface area (Å²) in [7, 11) is -3.58. The maximum absolute atomic E-state index is 12.5. The molecule has 0 aromatic carbocycles. The summed E-state index contributed by atoms with van der Waals surface area (Å²) >= 11 is 0. The second-order valence-corrected chi connectivity index (χ2v) is 8.25. The summed E-state index contributed by atoms with van der Waals surface area (Å²) < 4.78 is 26.4. The van der Waals surface area contributed by atoms with E-state index in [1.54, 1.807) is 6.07 Å². The lowest BCUT2D eigenvalue weighted by molar-refractivity contribution is -0.129. The van der Waals surface area contributed by atoms with Crippen LogP contribution in [-0.4, -0.2) is 55.2 Å². The van der Waals surface area contributed by atoms with Crippen molar-refractivity contribution in [2.75, 3.05) is 19.6 Å². The van der Waals surface area contributed by atoms with Crippen molar-refractivity contribution in [3.05, 3.63) is 24.5 Å². The van der Waals surface area contributed by atoms with Gasteiger partial charge in [0.2, 0.25) is 21.8 Å². The molecule has 2 amide bonds. The van der Waals surface area contributed by atoms with Gasteiger partial charge in [-0.1, -0.05) is 0 Å². The summed E-state index contributed by atoms with van der Waals surface area (Å²) in [6.45, 7) is 4.17. The van der Waals surface area contributed by atoms with Crippen molar-refractivity contribution in [1.29, 1.82) is 0 Å². The van der Waals surface area contributed by atoms with Crippen LogP contribution in [0.3, 0.4) is 0 Å². The number of rotatable bonds is 6. The molecule has 1 aliphatic rings. The molecule has 0 radical (unpaired) electrons. The van der Waals surface area contributed by atoms with Crippen LogP contribution in [0.1, 0.15) is 26.7 Å². The van der Waals surface area contributed by atoms with Crippen LogP contribution in [0, 0.1) is 5.92 Å². The van der Waals surface area contributed by atoms with E-state index >= 15 is 0 Å². The Morgan fingerprint density at radius 3 is 2.56 bits per heavy atom. The minimum atomic E-state index is -3.58. The predicted octanol–water partition coefficient (Wildman–Crippen LogP) is 0.123. The lowest BCUT2D eigenvalue weighted by Crippen LogP contribution is -2.45. The van der Waals surface area contributed by atoms with E-state index < -0.39 is 10.0 Å². The predicted molar refractivity (Wildman–Crippen MR) is 92.0 cm³/mol. The Morgan fingerprint density at radius 1 is 1.32 bits per heavy atom. The fraction of sp³-hybridized carbons (Fsp3) is 0.562. The summed E-state index contributed by atoms with van der Waals surface area (Å²) in [5, 5.41) is 5.31. The molecule has 2 heterocycles. The van der Waals surface area contributed by atoms with E-state index in [1.807, 2.05) is 13.8 Å². The molecule has 0 spiro atoms. The molecule has 1 fully saturated rings. The number of piperidine rings is 1. The zero-order valence-electron chi connectivity index (χ0n) is 14.4. The number of nitrogens with one attached hydrogen (secondary N) is 2. The van der Waals surface area contributed by atoms with Gasteiger partial charge in [-0.15, -0.1) is 0 Å². The molecule has 1 aliphatic heterocycles. The molecule has 0 aliphatic carbocycles. The first-order valence-corrected chi connectivity index (χ1v) is 9.72. The van der Waals surface area contributed by atoms with Gasteiger partial charge in [0.15, 0.2) is 0 Å². The first-order chi connectivity index (χ1) is 11.8. The highest BCUT2D eigenvalue weighted by Gasteiger charge is 2.32. The molecule has 8 nitrogen and oxygen atoms in total. The third-order valence-electron chi connectivity index (χ3n) is 3.97. The zero-order valence-corrected chi connectivity index (χ0v) is 15.3. The standard InChI is InChI=1S/C16H24N4O4S/c1-12(2)19-15(21)11-18-16(22)13-5-8-20(9-6-13)25(23,24)14-4-3-7-17-10-14/h3-4,7,10,12-13H,5-6,8-9,11H2,1-2H3,(H,18,22)(H,19,21). The molecule has 9 heteroatoms. The molecule has 0 unspecified atom stereocenters. The number of aromatic nitrogens is 1. The quantitative estimate of drug-likeness (QED) is 0.742. The number of pyridine rings is 1. The van der Waals surface area contributed by atoms with Gasteiger partial charge < -0.3 is 10.6 Å². The molecule has 138 valence electrons. The van der Waals surface area contributed by atoms with E-state index in [9.17, 15) is 18.0 Å². The molecule has 1 aromatic heterocycles. The number of nitrogens with zero attached hydrogens (tertiary/aromatic N) is 2. The number of hydrogen-bond acceptors (Lipinski definition) is 5. The Labute approximate surface area is 148 Å². The van der Waals surface area contributed by atoms with Crippen LogP contribution in [0.15, 0.2) is 29.4 Å². The number of carbonyl (C=O) groups excluding carboxylic acids is 2. The van der Waals surface area contributed by atoms with Crippen molar-refractivity contribution in [3.63, 3.8) is 0 Å². The molecule has 0 bridgehead atoms. The van der Waals surface area contributed by atoms with Gasteiger partial charge in [0.25, 0.3) is 0 Å². The second-order valence-electron chi connectivity index (χ2n) is 6.31. The zero-order chi connectivity index (χ0) is 18.4. The summed E-state index contributed by atoms with van der Waals surface area (Å²) in [6.07, 6.45) is 3.70. The van der Waals surface area contributed by atoms with Crippen LogP contribution in [0.2, 0.25) is 0 Å². The van der Waals surface area contributed by atoms with E-state index in [-0.39, 0.29) is 48.3 Å². The molecule has 1 saturated heterocycles. The highest BCUT2D eigenvalue weighted by Crippen LogP contribution is 2.23. The van der Waals surface area contributed by atoms with Gasteiger partial charge >= 0.3 is 0 Å². The average molecular weight is 368 g/mol. The van der Waals surface area contributed by atoms with Gasteiger partial charge in [-0.3, -0.25) is 14.6 Å². The molecule has 1 aromatic rings. The van der Waals surface area contributed by atoms with Crippen LogP contribution < -0.4 is 10.6 Å². The van der Waals surface area contributed by atoms with E-state index in [0.29, 0.717) is 12.8 Å². The molecule has 0 saturated carbocycles. The van der Waals surface area contributed by atoms with E-state index in [0.717, 1.165) is 0 Å². The average Bonchev–Trinajstić information content (AvgIpc) is 2.60. The van der Waals surface area contributed by atoms with Gasteiger partial charge in [0.1, 0.15) is 4.90 Å². The summed E-state index contributed by atoms with van der Waals surface area (Å²) in [6, 6.07) is 3.11. The molecule has 25 heavy (non-hydrogen) atoms. The SMILES string of the molecule is CC(C)NC(=O)CNC(=O)C1CCN(S(=O)(=O)c2cccnc2)CC1. The van der Waals surface area contributed by atoms with E-state index in [4.69, 9.17) is 0 Å². The van der Waals surface area contributed by atoms with Gasteiger partial charge in [-0.25, -0.2) is 8.42 Å². The maximum Gasteiger partial charge on any atom is 0.244 e. The van der Waals surface area contributed by atoms with Crippen LogP contribution in [-0.2, 0) is 19.6 Å². The summed E-state index contributed by atoms with van der Waals surface area (Å²) in [5.74, 6) is -0.732. The topological polar surface area (TPSA) is 108 Å². The van der Waals surface area contributed by atoms with Crippen molar-refractivity contribution < 1.29 is 18.0 Å². The number of carbonyl (C=O) groups is 2. The molecular formula is C16H24N4O4S. The minimum Gasteiger partial charge on any atom is -0.352 e.